The molecule has 0 aliphatic carbocycles. The Morgan fingerprint density at radius 3 is 2.17 bits per heavy atom. The summed E-state index contributed by atoms with van der Waals surface area (Å²) in [4.78, 5) is 28.6. The maximum absolute atomic E-state index is 14.1. The Hall–Kier alpha value is -2.78. The summed E-state index contributed by atoms with van der Waals surface area (Å²) < 4.78 is 29.0. The normalized spacial score (nSPS) is 12.9. The molecule has 0 saturated carbocycles. The molecule has 0 fully saturated rings. The molecular formula is C30H34Cl3N3O4S. The van der Waals surface area contributed by atoms with E-state index >= 15 is 0 Å². The second kappa shape index (κ2) is 13.9. The van der Waals surface area contributed by atoms with Crippen LogP contribution in [0.15, 0.2) is 65.6 Å². The van der Waals surface area contributed by atoms with Crippen LogP contribution in [0.5, 0.6) is 0 Å². The fraction of sp³-hybridized carbons (Fsp3) is 0.333. The lowest BCUT2D eigenvalue weighted by Gasteiger charge is -2.33. The summed E-state index contributed by atoms with van der Waals surface area (Å²) in [6.45, 7) is 8.44. The zero-order valence-electron chi connectivity index (χ0n) is 23.6. The molecule has 2 atom stereocenters. The highest BCUT2D eigenvalue weighted by atomic mass is 35.5. The molecule has 11 heteroatoms. The average molecular weight is 639 g/mol. The highest BCUT2D eigenvalue weighted by Crippen LogP contribution is 2.30. The standard InChI is InChI=1S/C30H34Cl3N3O4S/c1-6-21(4)34-30(38)22(5)35(17-23-10-14-26(32)27(33)15-23)29(37)18-36(28-16-24(31)11-9-20(28)3)41(39,40)25-12-7-19(2)8-13-25/h7-16,21-22H,6,17-18H2,1-5H3,(H,34,38)/t21-,22+/m1/s1. The highest BCUT2D eigenvalue weighted by Gasteiger charge is 2.33. The maximum Gasteiger partial charge on any atom is 0.264 e. The molecule has 0 aromatic heterocycles. The molecule has 0 heterocycles. The van der Waals surface area contributed by atoms with E-state index in [0.717, 1.165) is 9.87 Å². The van der Waals surface area contributed by atoms with Gasteiger partial charge in [-0.25, -0.2) is 8.42 Å². The summed E-state index contributed by atoms with van der Waals surface area (Å²) in [5.74, 6) is -0.947. The van der Waals surface area contributed by atoms with Gasteiger partial charge in [0.25, 0.3) is 10.0 Å². The number of sulfonamides is 1. The van der Waals surface area contributed by atoms with Crippen molar-refractivity contribution in [2.45, 2.75) is 64.6 Å². The first-order valence-electron chi connectivity index (χ1n) is 13.1. The average Bonchev–Trinajstić information content (AvgIpc) is 2.93. The lowest BCUT2D eigenvalue weighted by Crippen LogP contribution is -2.52. The monoisotopic (exact) mass is 637 g/mol. The van der Waals surface area contributed by atoms with Crippen LogP contribution in [-0.4, -0.2) is 43.8 Å². The molecule has 3 rings (SSSR count). The predicted octanol–water partition coefficient (Wildman–Crippen LogP) is 6.79. The molecule has 0 spiro atoms. The van der Waals surface area contributed by atoms with Gasteiger partial charge in [0.2, 0.25) is 11.8 Å². The molecule has 1 N–H and O–H groups in total. The number of carbonyl (C=O) groups is 2. The topological polar surface area (TPSA) is 86.8 Å². The summed E-state index contributed by atoms with van der Waals surface area (Å²) in [7, 11) is -4.20. The van der Waals surface area contributed by atoms with Gasteiger partial charge in [-0.15, -0.1) is 0 Å². The fourth-order valence-electron chi connectivity index (χ4n) is 4.08. The van der Waals surface area contributed by atoms with E-state index in [2.05, 4.69) is 5.32 Å². The Kier molecular flexibility index (Phi) is 11.1. The van der Waals surface area contributed by atoms with Gasteiger partial charge < -0.3 is 10.2 Å². The van der Waals surface area contributed by atoms with Gasteiger partial charge in [0.15, 0.2) is 0 Å². The number of benzene rings is 3. The van der Waals surface area contributed by atoms with Crippen molar-refractivity contribution in [2.24, 2.45) is 0 Å². The SMILES string of the molecule is CC[C@@H](C)NC(=O)[C@H](C)N(Cc1ccc(Cl)c(Cl)c1)C(=O)CN(c1cc(Cl)ccc1C)S(=O)(=O)c1ccc(C)cc1. The van der Waals surface area contributed by atoms with E-state index in [1.54, 1.807) is 56.3 Å². The van der Waals surface area contributed by atoms with Crippen LogP contribution in [-0.2, 0) is 26.2 Å². The summed E-state index contributed by atoms with van der Waals surface area (Å²) in [6.07, 6.45) is 0.704. The number of nitrogens with one attached hydrogen (secondary N) is 1. The number of carbonyl (C=O) groups excluding carboxylic acids is 2. The minimum absolute atomic E-state index is 0.00222. The third-order valence-corrected chi connectivity index (χ3v) is 9.58. The molecule has 7 nitrogen and oxygen atoms in total. The second-order valence-corrected chi connectivity index (χ2v) is 13.1. The van der Waals surface area contributed by atoms with Crippen molar-refractivity contribution in [2.75, 3.05) is 10.8 Å². The van der Waals surface area contributed by atoms with Crippen molar-refractivity contribution in [3.05, 3.63) is 92.4 Å². The summed E-state index contributed by atoms with van der Waals surface area (Å²) in [5, 5.41) is 3.87. The maximum atomic E-state index is 14.1. The minimum Gasteiger partial charge on any atom is -0.352 e. The van der Waals surface area contributed by atoms with Crippen LogP contribution in [0.4, 0.5) is 5.69 Å². The molecule has 0 aliphatic rings. The van der Waals surface area contributed by atoms with Gasteiger partial charge >= 0.3 is 0 Å². The van der Waals surface area contributed by atoms with Crippen LogP contribution in [0.25, 0.3) is 0 Å². The molecule has 0 aliphatic heterocycles. The van der Waals surface area contributed by atoms with Crippen LogP contribution in [0, 0.1) is 13.8 Å². The van der Waals surface area contributed by atoms with Gasteiger partial charge in [-0.2, -0.15) is 0 Å². The first kappa shape index (κ1) is 32.7. The third-order valence-electron chi connectivity index (χ3n) is 6.83. The van der Waals surface area contributed by atoms with Crippen molar-refractivity contribution in [1.29, 1.82) is 0 Å². The second-order valence-electron chi connectivity index (χ2n) is 10.0. The number of hydrogen-bond acceptors (Lipinski definition) is 4. The number of aryl methyl sites for hydroxylation is 2. The number of anilines is 1. The molecule has 3 aromatic rings. The first-order chi connectivity index (χ1) is 19.2. The summed E-state index contributed by atoms with van der Waals surface area (Å²) in [5.41, 5.74) is 2.39. The smallest absolute Gasteiger partial charge is 0.264 e. The van der Waals surface area contributed by atoms with Gasteiger partial charge in [-0.1, -0.05) is 71.6 Å². The van der Waals surface area contributed by atoms with E-state index in [1.165, 1.54) is 23.1 Å². The molecule has 0 saturated heterocycles. The zero-order valence-corrected chi connectivity index (χ0v) is 26.7. The highest BCUT2D eigenvalue weighted by molar-refractivity contribution is 7.92. The van der Waals surface area contributed by atoms with Crippen LogP contribution in [0.2, 0.25) is 15.1 Å². The Labute approximate surface area is 257 Å². The minimum atomic E-state index is -4.20. The van der Waals surface area contributed by atoms with E-state index < -0.39 is 28.5 Å². The fourth-order valence-corrected chi connectivity index (χ4v) is 6.04. The molecule has 41 heavy (non-hydrogen) atoms. The third kappa shape index (κ3) is 8.16. The van der Waals surface area contributed by atoms with E-state index in [9.17, 15) is 18.0 Å². The van der Waals surface area contributed by atoms with Gasteiger partial charge in [0, 0.05) is 17.6 Å². The van der Waals surface area contributed by atoms with Crippen molar-refractivity contribution in [3.63, 3.8) is 0 Å². The molecule has 220 valence electrons. The van der Waals surface area contributed by atoms with E-state index in [4.69, 9.17) is 34.8 Å². The molecule has 2 amide bonds. The van der Waals surface area contributed by atoms with E-state index in [1.807, 2.05) is 20.8 Å². The Morgan fingerprint density at radius 2 is 1.56 bits per heavy atom. The van der Waals surface area contributed by atoms with E-state index in [-0.39, 0.29) is 29.1 Å². The van der Waals surface area contributed by atoms with Gasteiger partial charge in [0.05, 0.1) is 20.6 Å². The molecule has 0 unspecified atom stereocenters. The van der Waals surface area contributed by atoms with Crippen LogP contribution in [0.1, 0.15) is 43.9 Å². The molecular weight excluding hydrogens is 605 g/mol. The number of hydrogen-bond donors (Lipinski definition) is 1. The lowest BCUT2D eigenvalue weighted by atomic mass is 10.1. The summed E-state index contributed by atoms with van der Waals surface area (Å²) >= 11 is 18.6. The van der Waals surface area contributed by atoms with Crippen molar-refractivity contribution in [1.82, 2.24) is 10.2 Å². The van der Waals surface area contributed by atoms with E-state index in [0.29, 0.717) is 32.6 Å². The molecule has 3 aromatic carbocycles. The number of amides is 2. The van der Waals surface area contributed by atoms with Crippen LogP contribution < -0.4 is 9.62 Å². The number of nitrogens with zero attached hydrogens (tertiary/aromatic N) is 2. The molecule has 0 bridgehead atoms. The van der Waals surface area contributed by atoms with Crippen molar-refractivity contribution < 1.29 is 18.0 Å². The van der Waals surface area contributed by atoms with Crippen LogP contribution in [0.3, 0.4) is 0 Å². The Bertz CT molecular complexity index is 1510. The van der Waals surface area contributed by atoms with Gasteiger partial charge in [-0.05, 0) is 81.6 Å². The quantitative estimate of drug-likeness (QED) is 0.251. The zero-order chi connectivity index (χ0) is 30.5. The summed E-state index contributed by atoms with van der Waals surface area (Å²) in [6, 6.07) is 15.1. The van der Waals surface area contributed by atoms with Gasteiger partial charge in [-0.3, -0.25) is 13.9 Å². The number of halogens is 3. The Morgan fingerprint density at radius 1 is 0.902 bits per heavy atom. The Balaban J connectivity index is 2.08. The van der Waals surface area contributed by atoms with Gasteiger partial charge in [0.1, 0.15) is 12.6 Å². The lowest BCUT2D eigenvalue weighted by molar-refractivity contribution is -0.139. The first-order valence-corrected chi connectivity index (χ1v) is 15.7. The van der Waals surface area contributed by atoms with Crippen LogP contribution >= 0.6 is 34.8 Å². The number of rotatable bonds is 11. The molecule has 0 radical (unpaired) electrons. The predicted molar refractivity (Wildman–Crippen MR) is 166 cm³/mol. The largest absolute Gasteiger partial charge is 0.352 e. The van der Waals surface area contributed by atoms with Crippen molar-refractivity contribution >= 4 is 62.3 Å². The van der Waals surface area contributed by atoms with Crippen molar-refractivity contribution in [3.8, 4) is 0 Å².